The van der Waals surface area contributed by atoms with Gasteiger partial charge in [-0.1, -0.05) is 6.08 Å². The van der Waals surface area contributed by atoms with Crippen LogP contribution in [0, 0.1) is 5.92 Å². The molecule has 144 valence electrons. The fraction of sp³-hybridized carbons (Fsp3) is 0.375. The van der Waals surface area contributed by atoms with Crippen molar-refractivity contribution in [2.45, 2.75) is 12.5 Å². The van der Waals surface area contributed by atoms with Gasteiger partial charge < -0.3 is 19.9 Å². The average molecular weight is 383 g/mol. The first-order chi connectivity index (χ1) is 12.8. The van der Waals surface area contributed by atoms with Gasteiger partial charge in [-0.2, -0.15) is 5.10 Å². The topological polar surface area (TPSA) is 123 Å². The smallest absolute Gasteiger partial charge is 0.358 e. The van der Waals surface area contributed by atoms with Crippen LogP contribution in [0.5, 0.6) is 0 Å². The molecule has 1 aliphatic heterocycles. The lowest BCUT2D eigenvalue weighted by Crippen LogP contribution is -2.36. The number of methoxy groups -OCH3 is 1. The SMILES string of the molecule is COC(=O)c1cc(C(N)=O)n(C(F)C(=O)C2C=CC3=C(OCCO3)C2F)n1. The highest BCUT2D eigenvalue weighted by atomic mass is 19.1. The lowest BCUT2D eigenvalue weighted by molar-refractivity contribution is -0.132. The number of halogens is 2. The standard InChI is InChI=1S/C16H15F2N3O6/c1-25-16(24)8-6-9(15(19)23)21(20-8)14(18)12(22)7-2-3-10-13(11(7)17)27-5-4-26-10/h2-3,6-7,11,14H,4-5H2,1H3,(H2,19,23). The number of hydrogen-bond donors (Lipinski definition) is 1. The Labute approximate surface area is 151 Å². The molecule has 2 heterocycles. The number of esters is 1. The Kier molecular flexibility index (Phi) is 4.93. The van der Waals surface area contributed by atoms with Gasteiger partial charge in [0.25, 0.3) is 12.2 Å². The van der Waals surface area contributed by atoms with Crippen molar-refractivity contribution in [2.24, 2.45) is 11.7 Å². The summed E-state index contributed by atoms with van der Waals surface area (Å²) in [5.74, 6) is -4.91. The van der Waals surface area contributed by atoms with Crippen LogP contribution in [0.1, 0.15) is 27.3 Å². The molecule has 0 saturated carbocycles. The number of aromatic nitrogens is 2. The number of hydrogen-bond acceptors (Lipinski definition) is 7. The minimum absolute atomic E-state index is 0.0977. The van der Waals surface area contributed by atoms with E-state index < -0.39 is 47.4 Å². The third kappa shape index (κ3) is 3.27. The van der Waals surface area contributed by atoms with E-state index >= 15 is 0 Å². The quantitative estimate of drug-likeness (QED) is 0.738. The molecule has 2 N–H and O–H groups in total. The summed E-state index contributed by atoms with van der Waals surface area (Å²) in [5, 5.41) is 3.56. The minimum Gasteiger partial charge on any atom is -0.487 e. The first kappa shape index (κ1) is 18.5. The molecule has 9 nitrogen and oxygen atoms in total. The van der Waals surface area contributed by atoms with E-state index in [0.717, 1.165) is 19.3 Å². The molecule has 0 radical (unpaired) electrons. The van der Waals surface area contributed by atoms with Crippen molar-refractivity contribution in [3.05, 3.63) is 41.1 Å². The van der Waals surface area contributed by atoms with E-state index in [1.54, 1.807) is 0 Å². The van der Waals surface area contributed by atoms with Gasteiger partial charge >= 0.3 is 5.97 Å². The molecule has 1 aromatic rings. The Morgan fingerprint density at radius 2 is 2.07 bits per heavy atom. The summed E-state index contributed by atoms with van der Waals surface area (Å²) >= 11 is 0. The van der Waals surface area contributed by atoms with Gasteiger partial charge in [-0.3, -0.25) is 9.59 Å². The van der Waals surface area contributed by atoms with Crippen LogP contribution in [0.25, 0.3) is 0 Å². The normalized spacial score (nSPS) is 22.3. The molecule has 2 aliphatic rings. The largest absolute Gasteiger partial charge is 0.487 e. The van der Waals surface area contributed by atoms with Crippen LogP contribution >= 0.6 is 0 Å². The fourth-order valence-electron chi connectivity index (χ4n) is 2.72. The zero-order chi connectivity index (χ0) is 19.7. The molecule has 3 atom stereocenters. The summed E-state index contributed by atoms with van der Waals surface area (Å²) in [6, 6.07) is 0.885. The number of primary amides is 1. The van der Waals surface area contributed by atoms with Gasteiger partial charge in [-0.15, -0.1) is 0 Å². The van der Waals surface area contributed by atoms with Gasteiger partial charge in [0.2, 0.25) is 0 Å². The molecule has 1 amide bonds. The Morgan fingerprint density at radius 3 is 2.74 bits per heavy atom. The lowest BCUT2D eigenvalue weighted by Gasteiger charge is -2.29. The maximum absolute atomic E-state index is 14.8. The number of rotatable bonds is 5. The van der Waals surface area contributed by atoms with Crippen LogP contribution in [0.2, 0.25) is 0 Å². The van der Waals surface area contributed by atoms with Crippen molar-refractivity contribution in [3.8, 4) is 0 Å². The van der Waals surface area contributed by atoms with Gasteiger partial charge in [0, 0.05) is 6.07 Å². The van der Waals surface area contributed by atoms with E-state index in [9.17, 15) is 23.2 Å². The Morgan fingerprint density at radius 1 is 1.37 bits per heavy atom. The number of nitrogens with zero attached hydrogens (tertiary/aromatic N) is 2. The first-order valence-corrected chi connectivity index (χ1v) is 7.82. The van der Waals surface area contributed by atoms with Gasteiger partial charge in [-0.05, 0) is 6.08 Å². The van der Waals surface area contributed by atoms with Gasteiger partial charge in [-0.25, -0.2) is 18.3 Å². The van der Waals surface area contributed by atoms with Gasteiger partial charge in [0.1, 0.15) is 18.9 Å². The fourth-order valence-corrected chi connectivity index (χ4v) is 2.72. The number of Topliss-reactive ketones (excluding diaryl/α,β-unsaturated/α-hetero) is 1. The maximum atomic E-state index is 14.8. The maximum Gasteiger partial charge on any atom is 0.358 e. The monoisotopic (exact) mass is 383 g/mol. The van der Waals surface area contributed by atoms with E-state index in [2.05, 4.69) is 9.84 Å². The second-order valence-electron chi connectivity index (χ2n) is 5.67. The molecule has 0 spiro atoms. The molecule has 1 aromatic heterocycles. The highest BCUT2D eigenvalue weighted by Gasteiger charge is 2.41. The van der Waals surface area contributed by atoms with E-state index in [1.807, 2.05) is 0 Å². The van der Waals surface area contributed by atoms with E-state index in [-0.39, 0.29) is 24.7 Å². The number of nitrogens with two attached hydrogens (primary N) is 1. The summed E-state index contributed by atoms with van der Waals surface area (Å²) < 4.78 is 44.6. The van der Waals surface area contributed by atoms with Gasteiger partial charge in [0.05, 0.1) is 13.0 Å². The average Bonchev–Trinajstić information content (AvgIpc) is 3.12. The van der Waals surface area contributed by atoms with Crippen molar-refractivity contribution in [2.75, 3.05) is 20.3 Å². The molecule has 0 bridgehead atoms. The van der Waals surface area contributed by atoms with Crippen molar-refractivity contribution < 1.29 is 37.4 Å². The molecule has 1 aliphatic carbocycles. The highest BCUT2D eigenvalue weighted by Crippen LogP contribution is 2.33. The van der Waals surface area contributed by atoms with Crippen LogP contribution in [0.4, 0.5) is 8.78 Å². The summed E-state index contributed by atoms with van der Waals surface area (Å²) in [4.78, 5) is 35.5. The number of carbonyl (C=O) groups is 3. The zero-order valence-electron chi connectivity index (χ0n) is 14.1. The number of ether oxygens (including phenoxy) is 3. The third-order valence-corrected chi connectivity index (χ3v) is 4.02. The number of alkyl halides is 2. The van der Waals surface area contributed by atoms with Crippen LogP contribution in [0.3, 0.4) is 0 Å². The predicted molar refractivity (Wildman–Crippen MR) is 83.7 cm³/mol. The molecule has 3 rings (SSSR count). The second kappa shape index (κ2) is 7.17. The van der Waals surface area contributed by atoms with E-state index in [1.165, 1.54) is 6.08 Å². The first-order valence-electron chi connectivity index (χ1n) is 7.82. The van der Waals surface area contributed by atoms with E-state index in [4.69, 9.17) is 15.2 Å². The van der Waals surface area contributed by atoms with E-state index in [0.29, 0.717) is 4.68 Å². The second-order valence-corrected chi connectivity index (χ2v) is 5.67. The third-order valence-electron chi connectivity index (χ3n) is 4.02. The molecule has 0 aromatic carbocycles. The van der Waals surface area contributed by atoms with Crippen molar-refractivity contribution in [3.63, 3.8) is 0 Å². The lowest BCUT2D eigenvalue weighted by atomic mass is 9.91. The molecule has 11 heteroatoms. The number of allylic oxidation sites excluding steroid dienone is 3. The number of carbonyl (C=O) groups excluding carboxylic acids is 3. The molecule has 0 saturated heterocycles. The van der Waals surface area contributed by atoms with Crippen LogP contribution in [0.15, 0.2) is 29.7 Å². The molecule has 3 unspecified atom stereocenters. The number of amides is 1. The van der Waals surface area contributed by atoms with Crippen molar-refractivity contribution >= 4 is 17.7 Å². The molecule has 0 fully saturated rings. The molecular formula is C16H15F2N3O6. The summed E-state index contributed by atoms with van der Waals surface area (Å²) in [7, 11) is 1.06. The predicted octanol–water partition coefficient (Wildman–Crippen LogP) is 0.588. The Balaban J connectivity index is 1.89. The van der Waals surface area contributed by atoms with Crippen LogP contribution < -0.4 is 5.73 Å². The van der Waals surface area contributed by atoms with Crippen molar-refractivity contribution in [1.29, 1.82) is 0 Å². The van der Waals surface area contributed by atoms with Gasteiger partial charge in [0.15, 0.2) is 29.2 Å². The summed E-state index contributed by atoms with van der Waals surface area (Å²) in [6.45, 7) is 0.326. The summed E-state index contributed by atoms with van der Waals surface area (Å²) in [6.07, 6.45) is -2.08. The Bertz CT molecular complexity index is 862. The van der Waals surface area contributed by atoms with Crippen molar-refractivity contribution in [1.82, 2.24) is 9.78 Å². The van der Waals surface area contributed by atoms with Crippen LogP contribution in [-0.2, 0) is 19.0 Å². The zero-order valence-corrected chi connectivity index (χ0v) is 14.1. The molecular weight excluding hydrogens is 368 g/mol. The Hall–Kier alpha value is -3.24. The highest BCUT2D eigenvalue weighted by molar-refractivity contribution is 5.96. The minimum atomic E-state index is -2.56. The summed E-state index contributed by atoms with van der Waals surface area (Å²) in [5.41, 5.74) is 4.18. The number of ketones is 1. The van der Waals surface area contributed by atoms with Crippen LogP contribution in [-0.4, -0.2) is 53.9 Å². The molecule has 27 heavy (non-hydrogen) atoms.